The van der Waals surface area contributed by atoms with Crippen LogP contribution in [-0.4, -0.2) is 22.9 Å². The highest BCUT2D eigenvalue weighted by molar-refractivity contribution is 7.17. The van der Waals surface area contributed by atoms with Crippen LogP contribution in [0.25, 0.3) is 10.2 Å². The number of hydrogen-bond acceptors (Lipinski definition) is 3. The minimum absolute atomic E-state index is 0.0969. The maximum atomic E-state index is 12.2. The van der Waals surface area contributed by atoms with E-state index in [0.29, 0.717) is 16.4 Å². The van der Waals surface area contributed by atoms with Crippen LogP contribution in [0.5, 0.6) is 0 Å². The molecule has 0 atom stereocenters. The Bertz CT molecular complexity index is 867. The number of nitrogens with zero attached hydrogens (tertiary/aromatic N) is 1. The van der Waals surface area contributed by atoms with Crippen molar-refractivity contribution in [1.82, 2.24) is 9.88 Å². The Balaban J connectivity index is 1.60. The largest absolute Gasteiger partial charge is 0.342 e. The lowest BCUT2D eigenvalue weighted by atomic mass is 10.3. The average molecular weight is 348 g/mol. The monoisotopic (exact) mass is 347 g/mol. The highest BCUT2D eigenvalue weighted by atomic mass is 35.5. The van der Waals surface area contributed by atoms with Gasteiger partial charge in [0.1, 0.15) is 5.69 Å². The molecule has 0 unspecified atom stereocenters. The Kier molecular flexibility index (Phi) is 4.36. The van der Waals surface area contributed by atoms with Crippen LogP contribution in [0.1, 0.15) is 10.5 Å². The van der Waals surface area contributed by atoms with Gasteiger partial charge in [0.25, 0.3) is 5.91 Å². The van der Waals surface area contributed by atoms with E-state index in [-0.39, 0.29) is 18.4 Å². The minimum atomic E-state index is -0.295. The van der Waals surface area contributed by atoms with Gasteiger partial charge in [0.15, 0.2) is 0 Å². The Morgan fingerprint density at radius 1 is 1.22 bits per heavy atom. The van der Waals surface area contributed by atoms with E-state index in [1.807, 2.05) is 29.1 Å². The molecule has 23 heavy (non-hydrogen) atoms. The van der Waals surface area contributed by atoms with Crippen molar-refractivity contribution in [2.24, 2.45) is 7.05 Å². The van der Waals surface area contributed by atoms with Crippen LogP contribution in [0.4, 0.5) is 5.69 Å². The van der Waals surface area contributed by atoms with E-state index in [1.165, 1.54) is 0 Å². The molecule has 0 radical (unpaired) electrons. The van der Waals surface area contributed by atoms with E-state index in [4.69, 9.17) is 11.6 Å². The molecule has 2 N–H and O–H groups in total. The fraction of sp³-hybridized carbons (Fsp3) is 0.125. The van der Waals surface area contributed by atoms with E-state index < -0.39 is 0 Å². The summed E-state index contributed by atoms with van der Waals surface area (Å²) >= 11 is 7.36. The summed E-state index contributed by atoms with van der Waals surface area (Å²) in [6.07, 6.45) is 0. The molecule has 0 aliphatic carbocycles. The third-order valence-electron chi connectivity index (χ3n) is 3.43. The highest BCUT2D eigenvalue weighted by Gasteiger charge is 2.14. The first-order valence-corrected chi connectivity index (χ1v) is 8.17. The fourth-order valence-electron chi connectivity index (χ4n) is 2.26. The standard InChI is InChI=1S/C16H14ClN3O2S/c1-20-12-6-7-23-14(12)8-13(20)16(22)18-9-15(21)19-11-4-2-10(17)3-5-11/h2-8H,9H2,1H3,(H,18,22)(H,19,21). The summed E-state index contributed by atoms with van der Waals surface area (Å²) < 4.78 is 2.86. The molecule has 0 saturated carbocycles. The number of carbonyl (C=O) groups excluding carboxylic acids is 2. The molecule has 0 aliphatic heterocycles. The van der Waals surface area contributed by atoms with Gasteiger partial charge in [-0.2, -0.15) is 0 Å². The summed E-state index contributed by atoms with van der Waals surface area (Å²) in [5.41, 5.74) is 2.17. The molecular formula is C16H14ClN3O2S. The molecule has 2 amide bonds. The van der Waals surface area contributed by atoms with Crippen LogP contribution in [-0.2, 0) is 11.8 Å². The number of carbonyl (C=O) groups is 2. The molecule has 0 aliphatic rings. The number of aromatic nitrogens is 1. The van der Waals surface area contributed by atoms with Gasteiger partial charge in [-0.15, -0.1) is 11.3 Å². The van der Waals surface area contributed by atoms with E-state index >= 15 is 0 Å². The second-order valence-corrected chi connectivity index (χ2v) is 6.38. The number of nitrogens with one attached hydrogen (secondary N) is 2. The number of halogens is 1. The number of amides is 2. The Morgan fingerprint density at radius 2 is 1.96 bits per heavy atom. The Labute approximate surface area is 141 Å². The number of rotatable bonds is 4. The number of thiophene rings is 1. The molecule has 5 nitrogen and oxygen atoms in total. The van der Waals surface area contributed by atoms with Gasteiger partial charge in [0.05, 0.1) is 16.8 Å². The van der Waals surface area contributed by atoms with Gasteiger partial charge < -0.3 is 15.2 Å². The molecule has 7 heteroatoms. The van der Waals surface area contributed by atoms with Crippen LogP contribution in [0.15, 0.2) is 41.8 Å². The molecule has 2 aromatic heterocycles. The summed E-state index contributed by atoms with van der Waals surface area (Å²) in [5.74, 6) is -0.571. The molecule has 3 rings (SSSR count). The molecule has 0 bridgehead atoms. The van der Waals surface area contributed by atoms with Crippen LogP contribution < -0.4 is 10.6 Å². The summed E-state index contributed by atoms with van der Waals surface area (Å²) in [6.45, 7) is -0.0969. The van der Waals surface area contributed by atoms with Crippen molar-refractivity contribution < 1.29 is 9.59 Å². The molecular weight excluding hydrogens is 334 g/mol. The Hall–Kier alpha value is -2.31. The molecule has 118 valence electrons. The highest BCUT2D eigenvalue weighted by Crippen LogP contribution is 2.24. The van der Waals surface area contributed by atoms with E-state index in [1.54, 1.807) is 35.6 Å². The molecule has 0 spiro atoms. The second-order valence-electron chi connectivity index (χ2n) is 5.00. The zero-order valence-electron chi connectivity index (χ0n) is 12.3. The zero-order chi connectivity index (χ0) is 16.4. The van der Waals surface area contributed by atoms with Gasteiger partial charge in [-0.25, -0.2) is 0 Å². The molecule has 3 aromatic rings. The third-order valence-corrected chi connectivity index (χ3v) is 4.54. The topological polar surface area (TPSA) is 63.1 Å². The van der Waals surface area contributed by atoms with Crippen molar-refractivity contribution in [3.8, 4) is 0 Å². The smallest absolute Gasteiger partial charge is 0.268 e. The van der Waals surface area contributed by atoms with Crippen molar-refractivity contribution in [3.63, 3.8) is 0 Å². The number of hydrogen-bond donors (Lipinski definition) is 2. The molecule has 0 saturated heterocycles. The van der Waals surface area contributed by atoms with Crippen molar-refractivity contribution in [2.45, 2.75) is 0 Å². The van der Waals surface area contributed by atoms with Gasteiger partial charge in [-0.05, 0) is 41.8 Å². The first-order chi connectivity index (χ1) is 11.0. The second kappa shape index (κ2) is 6.44. The van der Waals surface area contributed by atoms with Crippen LogP contribution in [0.3, 0.4) is 0 Å². The van der Waals surface area contributed by atoms with E-state index in [2.05, 4.69) is 10.6 Å². The van der Waals surface area contributed by atoms with Crippen LogP contribution in [0.2, 0.25) is 5.02 Å². The van der Waals surface area contributed by atoms with E-state index in [9.17, 15) is 9.59 Å². The molecule has 1 aromatic carbocycles. The van der Waals surface area contributed by atoms with Gasteiger partial charge in [-0.3, -0.25) is 9.59 Å². The minimum Gasteiger partial charge on any atom is -0.342 e. The van der Waals surface area contributed by atoms with Crippen LogP contribution >= 0.6 is 22.9 Å². The van der Waals surface area contributed by atoms with E-state index in [0.717, 1.165) is 10.2 Å². The van der Waals surface area contributed by atoms with Crippen molar-refractivity contribution in [3.05, 3.63) is 52.5 Å². The number of fused-ring (bicyclic) bond motifs is 1. The number of benzene rings is 1. The summed E-state index contributed by atoms with van der Waals surface area (Å²) in [4.78, 5) is 24.1. The molecule has 0 fully saturated rings. The van der Waals surface area contributed by atoms with Gasteiger partial charge >= 0.3 is 0 Å². The van der Waals surface area contributed by atoms with Gasteiger partial charge in [-0.1, -0.05) is 11.6 Å². The summed E-state index contributed by atoms with van der Waals surface area (Å²) in [5, 5.41) is 7.90. The molecule has 2 heterocycles. The first-order valence-electron chi connectivity index (χ1n) is 6.91. The SMILES string of the molecule is Cn1c(C(=O)NCC(=O)Nc2ccc(Cl)cc2)cc2sccc21. The lowest BCUT2D eigenvalue weighted by Crippen LogP contribution is -2.33. The third kappa shape index (κ3) is 3.38. The maximum Gasteiger partial charge on any atom is 0.268 e. The normalized spacial score (nSPS) is 10.7. The van der Waals surface area contributed by atoms with Crippen molar-refractivity contribution in [2.75, 3.05) is 11.9 Å². The quantitative estimate of drug-likeness (QED) is 0.761. The van der Waals surface area contributed by atoms with Gasteiger partial charge in [0.2, 0.25) is 5.91 Å². The maximum absolute atomic E-state index is 12.2. The summed E-state index contributed by atoms with van der Waals surface area (Å²) in [7, 11) is 1.83. The predicted octanol–water partition coefficient (Wildman–Crippen LogP) is 3.26. The lowest BCUT2D eigenvalue weighted by Gasteiger charge is -2.08. The fourth-order valence-corrected chi connectivity index (χ4v) is 3.23. The first kappa shape index (κ1) is 15.6. The van der Waals surface area contributed by atoms with Crippen molar-refractivity contribution >= 4 is 50.7 Å². The predicted molar refractivity (Wildman–Crippen MR) is 93.2 cm³/mol. The van der Waals surface area contributed by atoms with Crippen LogP contribution in [0, 0.1) is 0 Å². The average Bonchev–Trinajstić information content (AvgIpc) is 3.11. The zero-order valence-corrected chi connectivity index (χ0v) is 13.9. The van der Waals surface area contributed by atoms with Crippen molar-refractivity contribution in [1.29, 1.82) is 0 Å². The summed E-state index contributed by atoms with van der Waals surface area (Å²) in [6, 6.07) is 10.6. The lowest BCUT2D eigenvalue weighted by molar-refractivity contribution is -0.115. The van der Waals surface area contributed by atoms with Gasteiger partial charge in [0, 0.05) is 17.8 Å². The Morgan fingerprint density at radius 3 is 2.65 bits per heavy atom. The number of aryl methyl sites for hydroxylation is 1. The number of anilines is 1.